The summed E-state index contributed by atoms with van der Waals surface area (Å²) >= 11 is 1.62. The minimum absolute atomic E-state index is 0.0111. The first kappa shape index (κ1) is 15.5. The molecule has 0 N–H and O–H groups in total. The Bertz CT molecular complexity index is 534. The van der Waals surface area contributed by atoms with Crippen molar-refractivity contribution in [3.05, 3.63) is 22.4 Å². The van der Waals surface area contributed by atoms with Gasteiger partial charge in [0, 0.05) is 13.1 Å². The van der Waals surface area contributed by atoms with E-state index in [1.54, 1.807) is 21.1 Å². The van der Waals surface area contributed by atoms with E-state index in [9.17, 15) is 9.59 Å². The van der Waals surface area contributed by atoms with Gasteiger partial charge in [0.15, 0.2) is 0 Å². The van der Waals surface area contributed by atoms with Crippen molar-refractivity contribution in [1.82, 2.24) is 9.80 Å². The Labute approximate surface area is 133 Å². The number of morpholine rings is 2. The molecule has 120 valence electrons. The normalized spacial score (nSPS) is 26.3. The zero-order valence-electron chi connectivity index (χ0n) is 12.6. The fourth-order valence-electron chi connectivity index (χ4n) is 2.78. The number of hydrogen-bond donors (Lipinski definition) is 0. The lowest BCUT2D eigenvalue weighted by Gasteiger charge is -2.38. The number of carbonyl (C=O) groups excluding carboxylic acids is 2. The van der Waals surface area contributed by atoms with Gasteiger partial charge in [-0.25, -0.2) is 0 Å². The molecule has 22 heavy (non-hydrogen) atoms. The van der Waals surface area contributed by atoms with Crippen molar-refractivity contribution in [2.75, 3.05) is 39.4 Å². The standard InChI is InChI=1S/C15H20N2O4S/c1-11-6-17(7-13(21-11)12-2-5-22-10-12)14(18)8-16-3-4-20-9-15(16)19/h2,5,10-11,13H,3-4,6-9H2,1H3/t11-,13+/m1/s1. The first-order chi connectivity index (χ1) is 10.6. The van der Waals surface area contributed by atoms with Crippen LogP contribution in [0.1, 0.15) is 18.6 Å². The van der Waals surface area contributed by atoms with Crippen LogP contribution in [0.25, 0.3) is 0 Å². The lowest BCUT2D eigenvalue weighted by molar-refractivity contribution is -0.154. The van der Waals surface area contributed by atoms with Gasteiger partial charge in [0.1, 0.15) is 12.7 Å². The van der Waals surface area contributed by atoms with E-state index in [4.69, 9.17) is 9.47 Å². The number of rotatable bonds is 3. The molecule has 0 saturated carbocycles. The molecule has 0 aromatic carbocycles. The average molecular weight is 324 g/mol. The molecule has 0 unspecified atom stereocenters. The molecule has 0 aliphatic carbocycles. The Morgan fingerprint density at radius 2 is 2.32 bits per heavy atom. The minimum atomic E-state index is -0.115. The van der Waals surface area contributed by atoms with Crippen molar-refractivity contribution in [2.24, 2.45) is 0 Å². The van der Waals surface area contributed by atoms with Gasteiger partial charge in [-0.2, -0.15) is 11.3 Å². The number of amides is 2. The maximum absolute atomic E-state index is 12.5. The van der Waals surface area contributed by atoms with Gasteiger partial charge in [-0.3, -0.25) is 9.59 Å². The molecule has 1 aromatic rings. The van der Waals surface area contributed by atoms with E-state index in [0.29, 0.717) is 26.2 Å². The van der Waals surface area contributed by atoms with Gasteiger partial charge in [0.2, 0.25) is 11.8 Å². The van der Waals surface area contributed by atoms with Crippen LogP contribution in [0, 0.1) is 0 Å². The van der Waals surface area contributed by atoms with Crippen LogP contribution in [0.5, 0.6) is 0 Å². The molecule has 2 fully saturated rings. The second-order valence-electron chi connectivity index (χ2n) is 5.66. The Hall–Kier alpha value is -1.44. The van der Waals surface area contributed by atoms with Gasteiger partial charge in [-0.05, 0) is 29.3 Å². The Kier molecular flexibility index (Phi) is 4.75. The SMILES string of the molecule is C[C@@H]1CN(C(=O)CN2CCOCC2=O)C[C@@H](c2ccsc2)O1. The Morgan fingerprint density at radius 3 is 3.05 bits per heavy atom. The van der Waals surface area contributed by atoms with E-state index < -0.39 is 0 Å². The van der Waals surface area contributed by atoms with E-state index in [-0.39, 0.29) is 37.2 Å². The van der Waals surface area contributed by atoms with Gasteiger partial charge in [-0.1, -0.05) is 0 Å². The monoisotopic (exact) mass is 324 g/mol. The van der Waals surface area contributed by atoms with Gasteiger partial charge in [-0.15, -0.1) is 0 Å². The smallest absolute Gasteiger partial charge is 0.249 e. The predicted octanol–water partition coefficient (Wildman–Crippen LogP) is 0.895. The molecule has 0 bridgehead atoms. The first-order valence-electron chi connectivity index (χ1n) is 7.44. The van der Waals surface area contributed by atoms with Gasteiger partial charge in [0.25, 0.3) is 0 Å². The third kappa shape index (κ3) is 3.48. The van der Waals surface area contributed by atoms with Crippen LogP contribution in [0.3, 0.4) is 0 Å². The molecular weight excluding hydrogens is 304 g/mol. The van der Waals surface area contributed by atoms with Crippen LogP contribution in [0.15, 0.2) is 16.8 Å². The van der Waals surface area contributed by atoms with Crippen LogP contribution in [0.2, 0.25) is 0 Å². The summed E-state index contributed by atoms with van der Waals surface area (Å²) in [6.45, 7) is 4.26. The summed E-state index contributed by atoms with van der Waals surface area (Å²) in [4.78, 5) is 27.6. The molecule has 0 spiro atoms. The van der Waals surface area contributed by atoms with E-state index in [0.717, 1.165) is 5.56 Å². The number of hydrogen-bond acceptors (Lipinski definition) is 5. The summed E-state index contributed by atoms with van der Waals surface area (Å²) in [6.07, 6.45) is -0.0951. The fourth-order valence-corrected chi connectivity index (χ4v) is 3.48. The maximum Gasteiger partial charge on any atom is 0.249 e. The van der Waals surface area contributed by atoms with Gasteiger partial charge < -0.3 is 19.3 Å². The minimum Gasteiger partial charge on any atom is -0.370 e. The van der Waals surface area contributed by atoms with Gasteiger partial charge in [0.05, 0.1) is 25.8 Å². The molecule has 6 nitrogen and oxygen atoms in total. The zero-order valence-corrected chi connectivity index (χ0v) is 13.4. The van der Waals surface area contributed by atoms with Crippen LogP contribution >= 0.6 is 11.3 Å². The highest BCUT2D eigenvalue weighted by Gasteiger charge is 2.31. The number of nitrogens with zero attached hydrogens (tertiary/aromatic N) is 2. The average Bonchev–Trinajstić information content (AvgIpc) is 3.03. The summed E-state index contributed by atoms with van der Waals surface area (Å²) in [6, 6.07) is 2.03. The van der Waals surface area contributed by atoms with E-state index >= 15 is 0 Å². The number of carbonyl (C=O) groups is 2. The second-order valence-corrected chi connectivity index (χ2v) is 6.44. The first-order valence-corrected chi connectivity index (χ1v) is 8.38. The van der Waals surface area contributed by atoms with Crippen molar-refractivity contribution >= 4 is 23.2 Å². The summed E-state index contributed by atoms with van der Waals surface area (Å²) in [5, 5.41) is 4.06. The third-order valence-corrected chi connectivity index (χ3v) is 4.64. The summed E-state index contributed by atoms with van der Waals surface area (Å²) in [5.41, 5.74) is 1.11. The largest absolute Gasteiger partial charge is 0.370 e. The molecule has 1 aromatic heterocycles. The fraction of sp³-hybridized carbons (Fsp3) is 0.600. The topological polar surface area (TPSA) is 59.1 Å². The molecule has 2 saturated heterocycles. The van der Waals surface area contributed by atoms with Crippen molar-refractivity contribution in [3.63, 3.8) is 0 Å². The van der Waals surface area contributed by atoms with Crippen molar-refractivity contribution < 1.29 is 19.1 Å². The number of thiophene rings is 1. The highest BCUT2D eigenvalue weighted by atomic mass is 32.1. The van der Waals surface area contributed by atoms with Crippen LogP contribution in [-0.2, 0) is 19.1 Å². The van der Waals surface area contributed by atoms with Crippen LogP contribution < -0.4 is 0 Å². The molecule has 2 atom stereocenters. The highest BCUT2D eigenvalue weighted by molar-refractivity contribution is 7.07. The second kappa shape index (κ2) is 6.76. The third-order valence-electron chi connectivity index (χ3n) is 3.94. The quantitative estimate of drug-likeness (QED) is 0.829. The molecule has 0 radical (unpaired) electrons. The Morgan fingerprint density at radius 1 is 1.45 bits per heavy atom. The summed E-state index contributed by atoms with van der Waals surface area (Å²) in [7, 11) is 0. The van der Waals surface area contributed by atoms with E-state index in [2.05, 4.69) is 5.38 Å². The molecule has 2 aliphatic rings. The lowest BCUT2D eigenvalue weighted by Crippen LogP contribution is -2.52. The molecule has 7 heteroatoms. The Balaban J connectivity index is 1.62. The molecule has 3 rings (SSSR count). The molecule has 2 aliphatic heterocycles. The number of ether oxygens (including phenoxy) is 2. The van der Waals surface area contributed by atoms with Crippen molar-refractivity contribution in [2.45, 2.75) is 19.1 Å². The summed E-state index contributed by atoms with van der Waals surface area (Å²) < 4.78 is 11.0. The van der Waals surface area contributed by atoms with E-state index in [1.165, 1.54) is 0 Å². The predicted molar refractivity (Wildman–Crippen MR) is 81.6 cm³/mol. The van der Waals surface area contributed by atoms with Crippen LogP contribution in [-0.4, -0.2) is 67.1 Å². The van der Waals surface area contributed by atoms with Gasteiger partial charge >= 0.3 is 0 Å². The molecule has 3 heterocycles. The van der Waals surface area contributed by atoms with E-state index in [1.807, 2.05) is 18.4 Å². The zero-order chi connectivity index (χ0) is 15.5. The van der Waals surface area contributed by atoms with Crippen molar-refractivity contribution in [1.29, 1.82) is 0 Å². The summed E-state index contributed by atoms with van der Waals surface area (Å²) in [5.74, 6) is -0.138. The lowest BCUT2D eigenvalue weighted by atomic mass is 10.1. The maximum atomic E-state index is 12.5. The molecular formula is C15H20N2O4S. The van der Waals surface area contributed by atoms with Crippen molar-refractivity contribution in [3.8, 4) is 0 Å². The van der Waals surface area contributed by atoms with Crippen LogP contribution in [0.4, 0.5) is 0 Å². The highest BCUT2D eigenvalue weighted by Crippen LogP contribution is 2.26. The molecule has 2 amide bonds.